The highest BCUT2D eigenvalue weighted by Gasteiger charge is 2.01. The predicted octanol–water partition coefficient (Wildman–Crippen LogP) is 3.54. The first-order valence-corrected chi connectivity index (χ1v) is 6.89. The topological polar surface area (TPSA) is 36.4 Å². The van der Waals surface area contributed by atoms with Crippen LogP contribution in [0.4, 0.5) is 4.39 Å². The molecule has 0 radical (unpaired) electrons. The first-order valence-electron chi connectivity index (χ1n) is 6.89. The number of nitrogens with one attached hydrogen (secondary N) is 2. The molecule has 0 atom stereocenters. The Bertz CT molecular complexity index is 408. The van der Waals surface area contributed by atoms with Crippen LogP contribution in [0.2, 0.25) is 0 Å². The summed E-state index contributed by atoms with van der Waals surface area (Å²) in [5.41, 5.74) is 0.614. The van der Waals surface area contributed by atoms with E-state index < -0.39 is 0 Å². The molecule has 2 N–H and O–H groups in total. The van der Waals surface area contributed by atoms with Gasteiger partial charge in [-0.2, -0.15) is 0 Å². The van der Waals surface area contributed by atoms with Gasteiger partial charge in [0.25, 0.3) is 0 Å². The van der Waals surface area contributed by atoms with Crippen LogP contribution >= 0.6 is 24.0 Å². The minimum atomic E-state index is -0.204. The largest absolute Gasteiger partial charge is 0.357 e. The van der Waals surface area contributed by atoms with E-state index in [1.165, 1.54) is 6.07 Å². The van der Waals surface area contributed by atoms with E-state index in [0.29, 0.717) is 18.0 Å². The third-order valence-electron chi connectivity index (χ3n) is 2.72. The van der Waals surface area contributed by atoms with Gasteiger partial charge in [-0.1, -0.05) is 32.0 Å². The molecule has 0 saturated carbocycles. The van der Waals surface area contributed by atoms with Gasteiger partial charge < -0.3 is 10.6 Å². The van der Waals surface area contributed by atoms with Crippen molar-refractivity contribution >= 4 is 29.9 Å². The van der Waals surface area contributed by atoms with Gasteiger partial charge in [0.1, 0.15) is 5.82 Å². The van der Waals surface area contributed by atoms with Gasteiger partial charge in [-0.15, -0.1) is 24.0 Å². The molecular formula is C15H25FIN3. The summed E-state index contributed by atoms with van der Waals surface area (Å²) in [6, 6.07) is 6.74. The van der Waals surface area contributed by atoms with E-state index in [1.54, 1.807) is 12.1 Å². The molecule has 0 bridgehead atoms. The molecule has 5 heteroatoms. The summed E-state index contributed by atoms with van der Waals surface area (Å²) >= 11 is 0. The second-order valence-electron chi connectivity index (χ2n) is 4.90. The number of guanidine groups is 1. The maximum absolute atomic E-state index is 13.5. The van der Waals surface area contributed by atoms with E-state index in [0.717, 1.165) is 25.5 Å². The second-order valence-corrected chi connectivity index (χ2v) is 4.90. The zero-order valence-corrected chi connectivity index (χ0v) is 14.8. The van der Waals surface area contributed by atoms with Crippen molar-refractivity contribution < 1.29 is 4.39 Å². The number of hydrogen-bond donors (Lipinski definition) is 2. The van der Waals surface area contributed by atoms with Crippen molar-refractivity contribution in [2.45, 2.75) is 33.7 Å². The van der Waals surface area contributed by atoms with Crippen LogP contribution in [0.3, 0.4) is 0 Å². The highest BCUT2D eigenvalue weighted by Crippen LogP contribution is 2.07. The van der Waals surface area contributed by atoms with Crippen molar-refractivity contribution in [2.75, 3.05) is 13.1 Å². The number of aliphatic imine (C=N–C) groups is 1. The van der Waals surface area contributed by atoms with E-state index >= 15 is 0 Å². The molecular weight excluding hydrogens is 368 g/mol. The standard InChI is InChI=1S/C15H24FN3.HI/c1-4-17-15(18-10-9-12(2)3)19-11-13-7-5-6-8-14(13)16;/h5-8,12H,4,9-11H2,1-3H3,(H2,17,18,19);1H. The molecule has 0 fully saturated rings. The highest BCUT2D eigenvalue weighted by molar-refractivity contribution is 14.0. The SMILES string of the molecule is CCNC(=NCc1ccccc1F)NCCC(C)C.I. The smallest absolute Gasteiger partial charge is 0.191 e. The minimum Gasteiger partial charge on any atom is -0.357 e. The fourth-order valence-corrected chi connectivity index (χ4v) is 1.61. The van der Waals surface area contributed by atoms with Gasteiger partial charge in [-0.05, 0) is 25.3 Å². The van der Waals surface area contributed by atoms with Gasteiger partial charge in [0.2, 0.25) is 0 Å². The van der Waals surface area contributed by atoms with Crippen LogP contribution in [0, 0.1) is 11.7 Å². The van der Waals surface area contributed by atoms with Gasteiger partial charge in [0.05, 0.1) is 6.54 Å². The Hall–Kier alpha value is -0.850. The van der Waals surface area contributed by atoms with Gasteiger partial charge >= 0.3 is 0 Å². The van der Waals surface area contributed by atoms with Gasteiger partial charge in [-0.3, -0.25) is 0 Å². The van der Waals surface area contributed by atoms with Crippen LogP contribution in [0.25, 0.3) is 0 Å². The van der Waals surface area contributed by atoms with Crippen molar-refractivity contribution in [1.82, 2.24) is 10.6 Å². The van der Waals surface area contributed by atoms with Crippen molar-refractivity contribution in [3.63, 3.8) is 0 Å². The van der Waals surface area contributed by atoms with E-state index in [1.807, 2.05) is 13.0 Å². The van der Waals surface area contributed by atoms with Gasteiger partial charge in [-0.25, -0.2) is 9.38 Å². The number of halogens is 2. The molecule has 0 spiro atoms. The summed E-state index contributed by atoms with van der Waals surface area (Å²) < 4.78 is 13.5. The second kappa shape index (κ2) is 10.9. The first kappa shape index (κ1) is 19.1. The Morgan fingerprint density at radius 3 is 2.55 bits per heavy atom. The Kier molecular flexibility index (Phi) is 10.4. The number of benzene rings is 1. The Morgan fingerprint density at radius 1 is 1.25 bits per heavy atom. The molecule has 1 aromatic rings. The predicted molar refractivity (Wildman–Crippen MR) is 94.1 cm³/mol. The lowest BCUT2D eigenvalue weighted by Crippen LogP contribution is -2.38. The molecule has 1 rings (SSSR count). The first-order chi connectivity index (χ1) is 9.13. The fraction of sp³-hybridized carbons (Fsp3) is 0.533. The van der Waals surface area contributed by atoms with Crippen LogP contribution in [-0.4, -0.2) is 19.0 Å². The molecule has 114 valence electrons. The lowest BCUT2D eigenvalue weighted by molar-refractivity contribution is 0.573. The molecule has 3 nitrogen and oxygen atoms in total. The third-order valence-corrected chi connectivity index (χ3v) is 2.72. The average molecular weight is 393 g/mol. The van der Waals surface area contributed by atoms with E-state index in [2.05, 4.69) is 29.5 Å². The molecule has 0 aliphatic carbocycles. The number of hydrogen-bond acceptors (Lipinski definition) is 1. The zero-order chi connectivity index (χ0) is 14.1. The normalized spacial score (nSPS) is 11.2. The fourth-order valence-electron chi connectivity index (χ4n) is 1.61. The lowest BCUT2D eigenvalue weighted by atomic mass is 10.1. The molecule has 20 heavy (non-hydrogen) atoms. The van der Waals surface area contributed by atoms with Crippen molar-refractivity contribution in [1.29, 1.82) is 0 Å². The molecule has 0 unspecified atom stereocenters. The van der Waals surface area contributed by atoms with Crippen LogP contribution in [-0.2, 0) is 6.54 Å². The molecule has 0 aromatic heterocycles. The average Bonchev–Trinajstić information content (AvgIpc) is 2.37. The Balaban J connectivity index is 0.00000361. The number of rotatable bonds is 6. The van der Waals surface area contributed by atoms with Gasteiger partial charge in [0, 0.05) is 18.7 Å². The summed E-state index contributed by atoms with van der Waals surface area (Å²) in [4.78, 5) is 4.40. The van der Waals surface area contributed by atoms with Crippen LogP contribution < -0.4 is 10.6 Å². The van der Waals surface area contributed by atoms with Crippen LogP contribution in [0.5, 0.6) is 0 Å². The van der Waals surface area contributed by atoms with E-state index in [4.69, 9.17) is 0 Å². The summed E-state index contributed by atoms with van der Waals surface area (Å²) in [5.74, 6) is 1.19. The molecule has 1 aromatic carbocycles. The summed E-state index contributed by atoms with van der Waals surface area (Å²) in [5, 5.41) is 6.42. The minimum absolute atomic E-state index is 0. The molecule has 0 aliphatic rings. The molecule has 0 heterocycles. The summed E-state index contributed by atoms with van der Waals surface area (Å²) in [6.07, 6.45) is 1.09. The van der Waals surface area contributed by atoms with Crippen molar-refractivity contribution in [2.24, 2.45) is 10.9 Å². The lowest BCUT2D eigenvalue weighted by Gasteiger charge is -2.12. The van der Waals surface area contributed by atoms with E-state index in [9.17, 15) is 4.39 Å². The number of nitrogens with zero attached hydrogens (tertiary/aromatic N) is 1. The molecule has 0 amide bonds. The maximum Gasteiger partial charge on any atom is 0.191 e. The Morgan fingerprint density at radius 2 is 1.95 bits per heavy atom. The summed E-state index contributed by atoms with van der Waals surface area (Å²) in [7, 11) is 0. The van der Waals surface area contributed by atoms with Crippen LogP contribution in [0.1, 0.15) is 32.8 Å². The quantitative estimate of drug-likeness (QED) is 0.441. The molecule has 0 aliphatic heterocycles. The van der Waals surface area contributed by atoms with Gasteiger partial charge in [0.15, 0.2) is 5.96 Å². The zero-order valence-electron chi connectivity index (χ0n) is 12.4. The van der Waals surface area contributed by atoms with Crippen molar-refractivity contribution in [3.8, 4) is 0 Å². The monoisotopic (exact) mass is 393 g/mol. The van der Waals surface area contributed by atoms with Crippen molar-refractivity contribution in [3.05, 3.63) is 35.6 Å². The third kappa shape index (κ3) is 7.67. The Labute approximate surface area is 138 Å². The summed E-state index contributed by atoms with van der Waals surface area (Å²) in [6.45, 7) is 8.41. The van der Waals surface area contributed by atoms with E-state index in [-0.39, 0.29) is 29.8 Å². The molecule has 0 saturated heterocycles. The highest BCUT2D eigenvalue weighted by atomic mass is 127. The van der Waals surface area contributed by atoms with Crippen LogP contribution in [0.15, 0.2) is 29.3 Å². The maximum atomic E-state index is 13.5.